The van der Waals surface area contributed by atoms with Crippen LogP contribution in [-0.2, 0) is 14.3 Å². The van der Waals surface area contributed by atoms with Crippen molar-refractivity contribution < 1.29 is 14.3 Å². The molecule has 0 fully saturated rings. The number of hydrogen-bond acceptors (Lipinski definition) is 3. The summed E-state index contributed by atoms with van der Waals surface area (Å²) in [5.74, 6) is 0.277. The molecule has 0 aliphatic carbocycles. The van der Waals surface area contributed by atoms with E-state index in [0.29, 0.717) is 32.6 Å². The first kappa shape index (κ1) is 35.9. The van der Waals surface area contributed by atoms with Crippen LogP contribution in [0.15, 0.2) is 0 Å². The fourth-order valence-electron chi connectivity index (χ4n) is 5.92. The molecule has 1 atom stereocenters. The summed E-state index contributed by atoms with van der Waals surface area (Å²) in [5.41, 5.74) is -1.08. The highest BCUT2D eigenvalue weighted by atomic mass is 16.5. The normalized spacial score (nSPS) is 14.4. The summed E-state index contributed by atoms with van der Waals surface area (Å²) in [6.45, 7) is 25.7. The molecule has 5 nitrogen and oxygen atoms in total. The first-order valence-electron chi connectivity index (χ1n) is 15.4. The van der Waals surface area contributed by atoms with E-state index in [-0.39, 0.29) is 28.3 Å². The van der Waals surface area contributed by atoms with Crippen LogP contribution < -0.4 is 5.32 Å². The van der Waals surface area contributed by atoms with E-state index in [4.69, 9.17) is 4.74 Å². The Labute approximate surface area is 231 Å². The molecule has 0 saturated carbocycles. The van der Waals surface area contributed by atoms with Gasteiger partial charge < -0.3 is 15.0 Å². The lowest BCUT2D eigenvalue weighted by Gasteiger charge is -2.55. The quantitative estimate of drug-likeness (QED) is 0.154. The number of hydrogen-bond donors (Lipinski definition) is 1. The third kappa shape index (κ3) is 12.1. The smallest absolute Gasteiger partial charge is 0.229 e. The molecule has 220 valence electrons. The zero-order valence-corrected chi connectivity index (χ0v) is 26.8. The molecule has 37 heavy (non-hydrogen) atoms. The fraction of sp³-hybridized carbons (Fsp3) is 0.938. The molecule has 0 aromatic rings. The van der Waals surface area contributed by atoms with Crippen molar-refractivity contribution in [1.82, 2.24) is 10.2 Å². The Balaban J connectivity index is 5.97. The van der Waals surface area contributed by atoms with Gasteiger partial charge >= 0.3 is 0 Å². The highest BCUT2D eigenvalue weighted by Gasteiger charge is 2.49. The Kier molecular flexibility index (Phi) is 16.3. The van der Waals surface area contributed by atoms with Gasteiger partial charge in [0.05, 0.1) is 6.61 Å². The van der Waals surface area contributed by atoms with Crippen molar-refractivity contribution in [3.63, 3.8) is 0 Å². The lowest BCUT2D eigenvalue weighted by molar-refractivity contribution is -0.160. The average Bonchev–Trinajstić information content (AvgIpc) is 2.83. The summed E-state index contributed by atoms with van der Waals surface area (Å²) in [6, 6.07) is 0. The third-order valence-corrected chi connectivity index (χ3v) is 8.39. The molecule has 0 heterocycles. The second kappa shape index (κ2) is 16.8. The minimum absolute atomic E-state index is 0.0102. The molecule has 2 amide bonds. The van der Waals surface area contributed by atoms with Gasteiger partial charge in [-0.25, -0.2) is 0 Å². The monoisotopic (exact) mass is 524 g/mol. The zero-order chi connectivity index (χ0) is 28.8. The largest absolute Gasteiger partial charge is 0.381 e. The molecule has 0 aromatic carbocycles. The number of nitrogens with zero attached hydrogens (tertiary/aromatic N) is 1. The van der Waals surface area contributed by atoms with E-state index in [9.17, 15) is 9.59 Å². The first-order valence-corrected chi connectivity index (χ1v) is 15.4. The van der Waals surface area contributed by atoms with Crippen molar-refractivity contribution in [2.24, 2.45) is 10.8 Å². The minimum atomic E-state index is -0.540. The molecule has 0 spiro atoms. The van der Waals surface area contributed by atoms with Crippen molar-refractivity contribution in [2.45, 2.75) is 164 Å². The Hall–Kier alpha value is -1.10. The molecule has 0 aromatic heterocycles. The number of amides is 2. The number of nitrogens with one attached hydrogen (secondary N) is 1. The zero-order valence-electron chi connectivity index (χ0n) is 26.8. The van der Waals surface area contributed by atoms with Crippen LogP contribution in [-0.4, -0.2) is 47.6 Å². The Morgan fingerprint density at radius 3 is 1.84 bits per heavy atom. The molecule has 0 radical (unpaired) electrons. The van der Waals surface area contributed by atoms with Crippen LogP contribution >= 0.6 is 0 Å². The summed E-state index contributed by atoms with van der Waals surface area (Å²) in [5, 5.41) is 3.08. The highest BCUT2D eigenvalue weighted by molar-refractivity contribution is 5.83. The molecule has 1 unspecified atom stereocenters. The molecule has 5 heteroatoms. The molecule has 0 bridgehead atoms. The van der Waals surface area contributed by atoms with E-state index in [2.05, 4.69) is 79.5 Å². The van der Waals surface area contributed by atoms with E-state index in [1.165, 1.54) is 25.7 Å². The van der Waals surface area contributed by atoms with Gasteiger partial charge in [-0.2, -0.15) is 0 Å². The summed E-state index contributed by atoms with van der Waals surface area (Å²) in [6.07, 6.45) is 12.2. The van der Waals surface area contributed by atoms with E-state index in [1.807, 2.05) is 6.92 Å². The molecule has 0 saturated heterocycles. The van der Waals surface area contributed by atoms with Gasteiger partial charge in [0.15, 0.2) is 0 Å². The van der Waals surface area contributed by atoms with Gasteiger partial charge in [0, 0.05) is 36.1 Å². The first-order chi connectivity index (χ1) is 17.2. The van der Waals surface area contributed by atoms with E-state index in [1.54, 1.807) is 0 Å². The summed E-state index contributed by atoms with van der Waals surface area (Å²) >= 11 is 0. The van der Waals surface area contributed by atoms with Crippen LogP contribution in [0, 0.1) is 10.8 Å². The van der Waals surface area contributed by atoms with Crippen LogP contribution in [0.1, 0.15) is 153 Å². The number of carbonyl (C=O) groups excluding carboxylic acids is 2. The van der Waals surface area contributed by atoms with Crippen LogP contribution in [0.25, 0.3) is 0 Å². The summed E-state index contributed by atoms with van der Waals surface area (Å²) in [7, 11) is 0. The Morgan fingerprint density at radius 1 is 0.757 bits per heavy atom. The molecule has 1 N–H and O–H groups in total. The van der Waals surface area contributed by atoms with Crippen LogP contribution in [0.2, 0.25) is 0 Å². The lowest BCUT2D eigenvalue weighted by Crippen LogP contribution is -2.63. The van der Waals surface area contributed by atoms with Crippen LogP contribution in [0.3, 0.4) is 0 Å². The second-order valence-electron chi connectivity index (χ2n) is 13.2. The minimum Gasteiger partial charge on any atom is -0.381 e. The van der Waals surface area contributed by atoms with Crippen molar-refractivity contribution in [3.8, 4) is 0 Å². The van der Waals surface area contributed by atoms with E-state index in [0.717, 1.165) is 38.5 Å². The predicted octanol–water partition coefficient (Wildman–Crippen LogP) is 8.30. The maximum Gasteiger partial charge on any atom is 0.229 e. The summed E-state index contributed by atoms with van der Waals surface area (Å²) < 4.78 is 5.32. The van der Waals surface area contributed by atoms with Crippen LogP contribution in [0.5, 0.6) is 0 Å². The Bertz CT molecular complexity index is 654. The average molecular weight is 525 g/mol. The molecular formula is C32H64N2O3. The standard InChI is InChI=1S/C32H64N2O3/c1-12-17-19-20-23-32(11,22-18-13-2)34(31(10,14-3)15-4)28(36)30(8,9)25-29(6,7)26-33-27(35)21-24-37-16-5/h12-26H2,1-11H3,(H,33,35). The maximum atomic E-state index is 14.6. The van der Waals surface area contributed by atoms with E-state index >= 15 is 0 Å². The van der Waals surface area contributed by atoms with Gasteiger partial charge in [-0.05, 0) is 58.3 Å². The van der Waals surface area contributed by atoms with E-state index < -0.39 is 5.41 Å². The van der Waals surface area contributed by atoms with Gasteiger partial charge in [-0.3, -0.25) is 9.59 Å². The lowest BCUT2D eigenvalue weighted by atomic mass is 9.71. The number of carbonyl (C=O) groups is 2. The fourth-order valence-corrected chi connectivity index (χ4v) is 5.92. The van der Waals surface area contributed by atoms with Crippen molar-refractivity contribution in [1.29, 1.82) is 0 Å². The second-order valence-corrected chi connectivity index (χ2v) is 13.2. The van der Waals surface area contributed by atoms with Gasteiger partial charge in [-0.1, -0.05) is 93.9 Å². The van der Waals surface area contributed by atoms with Crippen LogP contribution in [0.4, 0.5) is 0 Å². The third-order valence-electron chi connectivity index (χ3n) is 8.39. The van der Waals surface area contributed by atoms with Gasteiger partial charge in [0.2, 0.25) is 11.8 Å². The van der Waals surface area contributed by atoms with Crippen molar-refractivity contribution in [2.75, 3.05) is 19.8 Å². The van der Waals surface area contributed by atoms with Gasteiger partial charge in [0.1, 0.15) is 0 Å². The van der Waals surface area contributed by atoms with Crippen molar-refractivity contribution >= 4 is 11.8 Å². The highest BCUT2D eigenvalue weighted by Crippen LogP contribution is 2.43. The predicted molar refractivity (Wildman–Crippen MR) is 159 cm³/mol. The van der Waals surface area contributed by atoms with Crippen molar-refractivity contribution in [3.05, 3.63) is 0 Å². The topological polar surface area (TPSA) is 58.6 Å². The SMILES string of the molecule is CCCCCCC(C)(CCCC)N(C(=O)C(C)(C)CC(C)(C)CNC(=O)CCOCC)C(C)(CC)CC. The molecule has 0 aliphatic rings. The number of ether oxygens (including phenoxy) is 1. The Morgan fingerprint density at radius 2 is 1.32 bits per heavy atom. The number of rotatable bonds is 21. The summed E-state index contributed by atoms with van der Waals surface area (Å²) in [4.78, 5) is 29.3. The molecular weight excluding hydrogens is 460 g/mol. The maximum absolute atomic E-state index is 14.6. The molecule has 0 aliphatic heterocycles. The number of unbranched alkanes of at least 4 members (excludes halogenated alkanes) is 4. The molecule has 0 rings (SSSR count). The van der Waals surface area contributed by atoms with Gasteiger partial charge in [-0.15, -0.1) is 0 Å². The van der Waals surface area contributed by atoms with Gasteiger partial charge in [0.25, 0.3) is 0 Å².